The van der Waals surface area contributed by atoms with Crippen LogP contribution in [0.3, 0.4) is 0 Å². The molecule has 0 aromatic carbocycles. The molecule has 1 saturated heterocycles. The Hall–Kier alpha value is -3.23. The average molecular weight is 472 g/mol. The summed E-state index contributed by atoms with van der Waals surface area (Å²) in [7, 11) is 0. The van der Waals surface area contributed by atoms with Gasteiger partial charge in [-0.25, -0.2) is 9.50 Å². The van der Waals surface area contributed by atoms with Gasteiger partial charge >= 0.3 is 11.9 Å². The molecule has 1 aliphatic heterocycles. The zero-order valence-electron chi connectivity index (χ0n) is 19.1. The van der Waals surface area contributed by atoms with Crippen LogP contribution in [0.15, 0.2) is 18.5 Å². The van der Waals surface area contributed by atoms with Crippen molar-refractivity contribution in [2.75, 3.05) is 12.3 Å². The number of ether oxygens (including phenoxy) is 3. The first-order chi connectivity index (χ1) is 16.4. The second-order valence-corrected chi connectivity index (χ2v) is 8.81. The van der Waals surface area contributed by atoms with E-state index in [1.807, 2.05) is 6.07 Å². The monoisotopic (exact) mass is 471 g/mol. The molecule has 2 aliphatic rings. The highest BCUT2D eigenvalue weighted by molar-refractivity contribution is 5.70. The maximum atomic E-state index is 12.5. The molecule has 34 heavy (non-hydrogen) atoms. The molecule has 1 aliphatic carbocycles. The lowest BCUT2D eigenvalue weighted by Crippen LogP contribution is -2.43. The molecule has 2 aromatic heterocycles. The van der Waals surface area contributed by atoms with E-state index < -0.39 is 29.9 Å². The van der Waals surface area contributed by atoms with Crippen molar-refractivity contribution in [2.24, 2.45) is 5.92 Å². The minimum atomic E-state index is -1.94. The van der Waals surface area contributed by atoms with Crippen LogP contribution in [0.5, 0.6) is 0 Å². The van der Waals surface area contributed by atoms with Crippen molar-refractivity contribution >= 4 is 23.3 Å². The Bertz CT molecular complexity index is 1090. The number of fused-ring (bicyclic) bond motifs is 1. The fraction of sp³-hybridized carbons (Fsp3) is 0.609. The van der Waals surface area contributed by atoms with Gasteiger partial charge in [-0.05, 0) is 30.9 Å². The molecule has 0 radical (unpaired) electrons. The SMILES string of the molecule is CCC(=O)O[C@H]1[C@@H](O)[C@](C#N)(c2ccc3c(N)ncnn23)O[C@@H]1COC(=O)CC1CCCCC1. The van der Waals surface area contributed by atoms with Crippen LogP contribution in [0.2, 0.25) is 0 Å². The van der Waals surface area contributed by atoms with Crippen molar-refractivity contribution in [3.8, 4) is 6.07 Å². The predicted molar refractivity (Wildman–Crippen MR) is 118 cm³/mol. The van der Waals surface area contributed by atoms with Crippen LogP contribution in [-0.2, 0) is 29.4 Å². The molecular weight excluding hydrogens is 442 g/mol. The Morgan fingerprint density at radius 1 is 1.32 bits per heavy atom. The minimum absolute atomic E-state index is 0.0643. The van der Waals surface area contributed by atoms with E-state index in [1.165, 1.54) is 17.3 Å². The van der Waals surface area contributed by atoms with Crippen molar-refractivity contribution in [3.05, 3.63) is 24.2 Å². The van der Waals surface area contributed by atoms with Gasteiger partial charge in [0.1, 0.15) is 36.7 Å². The lowest BCUT2D eigenvalue weighted by molar-refractivity contribution is -0.160. The Kier molecular flexibility index (Phi) is 7.00. The molecule has 11 heteroatoms. The first-order valence-corrected chi connectivity index (χ1v) is 11.6. The van der Waals surface area contributed by atoms with Crippen LogP contribution in [0.1, 0.15) is 57.6 Å². The van der Waals surface area contributed by atoms with Gasteiger partial charge in [-0.2, -0.15) is 10.4 Å². The van der Waals surface area contributed by atoms with Gasteiger partial charge in [0.25, 0.3) is 0 Å². The molecule has 3 heterocycles. The second kappa shape index (κ2) is 9.95. The fourth-order valence-corrected chi connectivity index (χ4v) is 4.77. The van der Waals surface area contributed by atoms with E-state index in [9.17, 15) is 20.0 Å². The minimum Gasteiger partial charge on any atom is -0.463 e. The van der Waals surface area contributed by atoms with Crippen LogP contribution >= 0.6 is 0 Å². The van der Waals surface area contributed by atoms with Crippen LogP contribution in [0.4, 0.5) is 5.82 Å². The number of nitrogens with two attached hydrogens (primary N) is 1. The van der Waals surface area contributed by atoms with Gasteiger partial charge < -0.3 is 25.1 Å². The van der Waals surface area contributed by atoms with Crippen molar-refractivity contribution in [1.82, 2.24) is 14.6 Å². The molecule has 4 atom stereocenters. The van der Waals surface area contributed by atoms with E-state index in [-0.39, 0.29) is 30.5 Å². The molecule has 0 amide bonds. The zero-order chi connectivity index (χ0) is 24.3. The van der Waals surface area contributed by atoms with Crippen LogP contribution < -0.4 is 5.73 Å². The summed E-state index contributed by atoms with van der Waals surface area (Å²) in [4.78, 5) is 28.5. The molecule has 2 aromatic rings. The number of nitriles is 1. The summed E-state index contributed by atoms with van der Waals surface area (Å²) >= 11 is 0. The number of carbonyl (C=O) groups excluding carboxylic acids is 2. The van der Waals surface area contributed by atoms with E-state index >= 15 is 0 Å². The number of rotatable bonds is 7. The number of aliphatic hydroxyl groups excluding tert-OH is 1. The highest BCUT2D eigenvalue weighted by Gasteiger charge is 2.60. The van der Waals surface area contributed by atoms with Crippen LogP contribution in [0.25, 0.3) is 5.52 Å². The highest BCUT2D eigenvalue weighted by Crippen LogP contribution is 2.42. The van der Waals surface area contributed by atoms with Gasteiger partial charge in [0, 0.05) is 12.8 Å². The normalized spacial score (nSPS) is 27.4. The number of nitrogen functional groups attached to an aromatic ring is 1. The number of esters is 2. The summed E-state index contributed by atoms with van der Waals surface area (Å²) < 4.78 is 18.3. The summed E-state index contributed by atoms with van der Waals surface area (Å²) in [5.41, 5.74) is 4.58. The van der Waals surface area contributed by atoms with E-state index in [0.717, 1.165) is 25.7 Å². The molecular formula is C23H29N5O6. The first-order valence-electron chi connectivity index (χ1n) is 11.6. The summed E-state index contributed by atoms with van der Waals surface area (Å²) in [6, 6.07) is 5.17. The molecule has 4 rings (SSSR count). The van der Waals surface area contributed by atoms with E-state index in [4.69, 9.17) is 19.9 Å². The van der Waals surface area contributed by atoms with Gasteiger partial charge in [0.2, 0.25) is 5.60 Å². The third kappa shape index (κ3) is 4.43. The van der Waals surface area contributed by atoms with Crippen molar-refractivity contribution < 1.29 is 28.9 Å². The number of hydrogen-bond donors (Lipinski definition) is 2. The number of nitrogens with zero attached hydrogens (tertiary/aromatic N) is 4. The molecule has 0 spiro atoms. The average Bonchev–Trinajstić information content (AvgIpc) is 3.39. The van der Waals surface area contributed by atoms with Crippen molar-refractivity contribution in [2.45, 2.75) is 75.8 Å². The molecule has 0 bridgehead atoms. The summed E-state index contributed by atoms with van der Waals surface area (Å²) in [6.45, 7) is 1.34. The quantitative estimate of drug-likeness (QED) is 0.567. The van der Waals surface area contributed by atoms with Gasteiger partial charge in [0.15, 0.2) is 11.9 Å². The van der Waals surface area contributed by atoms with Crippen molar-refractivity contribution in [1.29, 1.82) is 5.26 Å². The number of anilines is 1. The van der Waals surface area contributed by atoms with Gasteiger partial charge in [-0.15, -0.1) is 0 Å². The molecule has 0 unspecified atom stereocenters. The Labute approximate surface area is 196 Å². The molecule has 1 saturated carbocycles. The lowest BCUT2D eigenvalue weighted by atomic mass is 9.87. The lowest BCUT2D eigenvalue weighted by Gasteiger charge is -2.24. The zero-order valence-corrected chi connectivity index (χ0v) is 19.1. The highest BCUT2D eigenvalue weighted by atomic mass is 16.6. The van der Waals surface area contributed by atoms with E-state index in [1.54, 1.807) is 19.1 Å². The smallest absolute Gasteiger partial charge is 0.306 e. The maximum absolute atomic E-state index is 12.5. The largest absolute Gasteiger partial charge is 0.463 e. The summed E-state index contributed by atoms with van der Waals surface area (Å²) in [5, 5.41) is 25.5. The Morgan fingerprint density at radius 3 is 2.79 bits per heavy atom. The third-order valence-corrected chi connectivity index (χ3v) is 6.60. The standard InChI is InChI=1S/C23H29N5O6/c1-2-18(29)33-20-16(11-32-19(30)10-14-6-4-3-5-7-14)34-23(12-24,21(20)31)17-9-8-15-22(25)26-13-27-28(15)17/h8-9,13-14,16,20-21,31H,2-7,10-11H2,1H3,(H2,25,26,27)/t16-,20-,21-,23+/m1/s1. The molecule has 182 valence electrons. The number of hydrogen-bond acceptors (Lipinski definition) is 10. The van der Waals surface area contributed by atoms with Crippen LogP contribution in [-0.4, -0.2) is 56.6 Å². The number of aromatic nitrogens is 3. The molecule has 11 nitrogen and oxygen atoms in total. The summed E-state index contributed by atoms with van der Waals surface area (Å²) in [5.74, 6) is -0.482. The van der Waals surface area contributed by atoms with Crippen LogP contribution in [0, 0.1) is 17.2 Å². The predicted octanol–water partition coefficient (Wildman–Crippen LogP) is 1.63. The van der Waals surface area contributed by atoms with Gasteiger partial charge in [0.05, 0.1) is 5.69 Å². The third-order valence-electron chi connectivity index (χ3n) is 6.60. The van der Waals surface area contributed by atoms with Gasteiger partial charge in [-0.1, -0.05) is 26.2 Å². The second-order valence-electron chi connectivity index (χ2n) is 8.81. The topological polar surface area (TPSA) is 162 Å². The maximum Gasteiger partial charge on any atom is 0.306 e. The molecule has 3 N–H and O–H groups in total. The van der Waals surface area contributed by atoms with Crippen molar-refractivity contribution in [3.63, 3.8) is 0 Å². The Morgan fingerprint density at radius 2 is 2.09 bits per heavy atom. The molecule has 2 fully saturated rings. The van der Waals surface area contributed by atoms with E-state index in [0.29, 0.717) is 17.9 Å². The summed E-state index contributed by atoms with van der Waals surface area (Å²) in [6.07, 6.45) is 3.13. The number of carbonyl (C=O) groups is 2. The fourth-order valence-electron chi connectivity index (χ4n) is 4.77. The van der Waals surface area contributed by atoms with E-state index in [2.05, 4.69) is 10.1 Å². The first kappa shape index (κ1) is 23.9. The van der Waals surface area contributed by atoms with Gasteiger partial charge in [-0.3, -0.25) is 9.59 Å². The number of aliphatic hydroxyl groups is 1. The Balaban J connectivity index is 1.57.